The molecule has 0 spiro atoms. The summed E-state index contributed by atoms with van der Waals surface area (Å²) >= 11 is 0. The summed E-state index contributed by atoms with van der Waals surface area (Å²) in [5.41, 5.74) is 9.10. The molecule has 2 aromatic rings. The van der Waals surface area contributed by atoms with E-state index in [1.54, 1.807) is 6.20 Å². The molecule has 100 valence electrons. The van der Waals surface area contributed by atoms with Crippen LogP contribution in [0.4, 0.5) is 11.4 Å². The van der Waals surface area contributed by atoms with E-state index in [-0.39, 0.29) is 0 Å². The summed E-state index contributed by atoms with van der Waals surface area (Å²) in [6, 6.07) is 14.4. The maximum atomic E-state index is 9.22. The Morgan fingerprint density at radius 2 is 2.00 bits per heavy atom. The first kappa shape index (κ1) is 12.5. The van der Waals surface area contributed by atoms with Gasteiger partial charge in [0.15, 0.2) is 5.69 Å². The van der Waals surface area contributed by atoms with Crippen molar-refractivity contribution < 1.29 is 0 Å². The molecule has 20 heavy (non-hydrogen) atoms. The Morgan fingerprint density at radius 3 is 2.65 bits per heavy atom. The van der Waals surface area contributed by atoms with Crippen LogP contribution in [-0.2, 0) is 6.54 Å². The van der Waals surface area contributed by atoms with Gasteiger partial charge in [0.25, 0.3) is 0 Å². The summed E-state index contributed by atoms with van der Waals surface area (Å²) in [5.74, 6) is 0. The van der Waals surface area contributed by atoms with Gasteiger partial charge in [0.05, 0.1) is 5.69 Å². The van der Waals surface area contributed by atoms with Crippen molar-refractivity contribution in [2.75, 3.05) is 10.6 Å². The van der Waals surface area contributed by atoms with Gasteiger partial charge < -0.3 is 10.6 Å². The molecule has 1 aromatic carbocycles. The zero-order valence-electron chi connectivity index (χ0n) is 11.2. The Bertz CT molecular complexity index is 638. The zero-order valence-corrected chi connectivity index (χ0v) is 11.2. The van der Waals surface area contributed by atoms with Crippen molar-refractivity contribution in [3.63, 3.8) is 0 Å². The third kappa shape index (κ3) is 2.57. The molecule has 1 aromatic heterocycles. The van der Waals surface area contributed by atoms with Crippen LogP contribution in [0, 0.1) is 11.3 Å². The van der Waals surface area contributed by atoms with Crippen LogP contribution in [0.3, 0.4) is 0 Å². The highest BCUT2D eigenvalue weighted by molar-refractivity contribution is 5.57. The maximum Gasteiger partial charge on any atom is 0.163 e. The second-order valence-electron chi connectivity index (χ2n) is 5.08. The Balaban J connectivity index is 1.90. The first-order chi connectivity index (χ1) is 9.78. The Morgan fingerprint density at radius 1 is 1.25 bits per heavy atom. The summed E-state index contributed by atoms with van der Waals surface area (Å²) in [5, 5.41) is 9.22. The van der Waals surface area contributed by atoms with E-state index in [1.165, 1.54) is 18.4 Å². The van der Waals surface area contributed by atoms with Crippen molar-refractivity contribution >= 4 is 11.4 Å². The lowest BCUT2D eigenvalue weighted by molar-refractivity contribution is 0.790. The number of rotatable bonds is 4. The van der Waals surface area contributed by atoms with E-state index in [1.807, 2.05) is 36.4 Å². The quantitative estimate of drug-likeness (QED) is 0.862. The predicted octanol–water partition coefficient (Wildman–Crippen LogP) is 2.70. The number of nitrogens with zero attached hydrogens (tertiary/aromatic N) is 3. The van der Waals surface area contributed by atoms with E-state index in [9.17, 15) is 5.26 Å². The highest BCUT2D eigenvalue weighted by atomic mass is 15.2. The van der Waals surface area contributed by atoms with Crippen molar-refractivity contribution in [2.24, 2.45) is 0 Å². The number of hydrogen-bond acceptors (Lipinski definition) is 4. The van der Waals surface area contributed by atoms with Crippen LogP contribution in [0.5, 0.6) is 0 Å². The summed E-state index contributed by atoms with van der Waals surface area (Å²) in [6.45, 7) is 0.783. The largest absolute Gasteiger partial charge is 0.399 e. The van der Waals surface area contributed by atoms with Gasteiger partial charge in [0, 0.05) is 24.5 Å². The molecule has 1 aliphatic carbocycles. The van der Waals surface area contributed by atoms with Gasteiger partial charge in [-0.2, -0.15) is 5.26 Å². The summed E-state index contributed by atoms with van der Waals surface area (Å²) < 4.78 is 0. The number of anilines is 2. The molecule has 1 saturated carbocycles. The molecule has 0 aliphatic heterocycles. The van der Waals surface area contributed by atoms with Crippen LogP contribution in [-0.4, -0.2) is 11.0 Å². The molecule has 2 N–H and O–H groups in total. The smallest absolute Gasteiger partial charge is 0.163 e. The molecular formula is C16H16N4. The molecule has 4 heteroatoms. The van der Waals surface area contributed by atoms with Gasteiger partial charge >= 0.3 is 0 Å². The molecule has 1 fully saturated rings. The second kappa shape index (κ2) is 5.22. The number of nitrogen functional groups attached to an aromatic ring is 1. The van der Waals surface area contributed by atoms with Crippen molar-refractivity contribution in [3.05, 3.63) is 53.9 Å². The Labute approximate surface area is 118 Å². The SMILES string of the molecule is N#Cc1ncccc1N(Cc1ccc(N)cc1)C1CC1. The number of aromatic nitrogens is 1. The molecule has 3 rings (SSSR count). The molecule has 1 aliphatic rings. The number of pyridine rings is 1. The van der Waals surface area contributed by atoms with Gasteiger partial charge in [-0.25, -0.2) is 4.98 Å². The van der Waals surface area contributed by atoms with E-state index in [2.05, 4.69) is 16.0 Å². The lowest BCUT2D eigenvalue weighted by atomic mass is 10.1. The first-order valence-electron chi connectivity index (χ1n) is 6.74. The normalized spacial score (nSPS) is 13.8. The fourth-order valence-electron chi connectivity index (χ4n) is 2.33. The second-order valence-corrected chi connectivity index (χ2v) is 5.08. The van der Waals surface area contributed by atoms with Crippen molar-refractivity contribution in [3.8, 4) is 6.07 Å². The Kier molecular flexibility index (Phi) is 3.26. The first-order valence-corrected chi connectivity index (χ1v) is 6.74. The van der Waals surface area contributed by atoms with E-state index in [4.69, 9.17) is 5.73 Å². The van der Waals surface area contributed by atoms with E-state index >= 15 is 0 Å². The fourth-order valence-corrected chi connectivity index (χ4v) is 2.33. The Hall–Kier alpha value is -2.54. The summed E-state index contributed by atoms with van der Waals surface area (Å²) in [4.78, 5) is 6.44. The van der Waals surface area contributed by atoms with Crippen LogP contribution < -0.4 is 10.6 Å². The number of nitrogens with two attached hydrogens (primary N) is 1. The van der Waals surface area contributed by atoms with E-state index in [0.29, 0.717) is 11.7 Å². The van der Waals surface area contributed by atoms with Crippen LogP contribution >= 0.6 is 0 Å². The van der Waals surface area contributed by atoms with Gasteiger partial charge in [-0.15, -0.1) is 0 Å². The monoisotopic (exact) mass is 264 g/mol. The fraction of sp³-hybridized carbons (Fsp3) is 0.250. The predicted molar refractivity (Wildman–Crippen MR) is 79.0 cm³/mol. The van der Waals surface area contributed by atoms with Crippen LogP contribution in [0.15, 0.2) is 42.6 Å². The molecule has 1 heterocycles. The topological polar surface area (TPSA) is 65.9 Å². The van der Waals surface area contributed by atoms with Crippen molar-refractivity contribution in [1.29, 1.82) is 5.26 Å². The third-order valence-corrected chi connectivity index (χ3v) is 3.52. The number of benzene rings is 1. The van der Waals surface area contributed by atoms with Crippen LogP contribution in [0.25, 0.3) is 0 Å². The summed E-state index contributed by atoms with van der Waals surface area (Å²) in [6.07, 6.45) is 4.01. The van der Waals surface area contributed by atoms with Crippen molar-refractivity contribution in [2.45, 2.75) is 25.4 Å². The van der Waals surface area contributed by atoms with Gasteiger partial charge in [-0.3, -0.25) is 0 Å². The lowest BCUT2D eigenvalue weighted by Gasteiger charge is -2.25. The van der Waals surface area contributed by atoms with Gasteiger partial charge in [-0.05, 0) is 42.7 Å². The number of nitriles is 1. The molecule has 0 amide bonds. The summed E-state index contributed by atoms with van der Waals surface area (Å²) in [7, 11) is 0. The lowest BCUT2D eigenvalue weighted by Crippen LogP contribution is -2.26. The minimum absolute atomic E-state index is 0.495. The molecule has 0 saturated heterocycles. The minimum Gasteiger partial charge on any atom is -0.399 e. The molecule has 4 nitrogen and oxygen atoms in total. The minimum atomic E-state index is 0.495. The molecule has 0 unspecified atom stereocenters. The zero-order chi connectivity index (χ0) is 13.9. The van der Waals surface area contributed by atoms with Crippen LogP contribution in [0.1, 0.15) is 24.1 Å². The maximum absolute atomic E-state index is 9.22. The van der Waals surface area contributed by atoms with Crippen molar-refractivity contribution in [1.82, 2.24) is 4.98 Å². The van der Waals surface area contributed by atoms with Gasteiger partial charge in [0.1, 0.15) is 6.07 Å². The number of hydrogen-bond donors (Lipinski definition) is 1. The highest BCUT2D eigenvalue weighted by Gasteiger charge is 2.30. The van der Waals surface area contributed by atoms with Gasteiger partial charge in [0.2, 0.25) is 0 Å². The molecule has 0 atom stereocenters. The molecule has 0 radical (unpaired) electrons. The highest BCUT2D eigenvalue weighted by Crippen LogP contribution is 2.34. The third-order valence-electron chi connectivity index (χ3n) is 3.52. The van der Waals surface area contributed by atoms with E-state index < -0.39 is 0 Å². The standard InChI is InChI=1S/C16H16N4/c17-10-15-16(2-1-9-19-15)20(14-7-8-14)11-12-3-5-13(18)6-4-12/h1-6,9,14H,7-8,11,18H2. The van der Waals surface area contributed by atoms with E-state index in [0.717, 1.165) is 17.9 Å². The average Bonchev–Trinajstić information content (AvgIpc) is 3.31. The average molecular weight is 264 g/mol. The molecular weight excluding hydrogens is 248 g/mol. The molecule has 0 bridgehead atoms. The van der Waals surface area contributed by atoms with Gasteiger partial charge in [-0.1, -0.05) is 12.1 Å². The van der Waals surface area contributed by atoms with Crippen LogP contribution in [0.2, 0.25) is 0 Å².